The molecule has 1 N–H and O–H groups in total. The summed E-state index contributed by atoms with van der Waals surface area (Å²) in [6.45, 7) is 0. The molecule has 118 valence electrons. The van der Waals surface area contributed by atoms with Crippen LogP contribution in [-0.4, -0.2) is 10.1 Å². The predicted molar refractivity (Wildman–Crippen MR) is 93.2 cm³/mol. The van der Waals surface area contributed by atoms with Crippen molar-refractivity contribution in [3.8, 4) is 27.7 Å². The Morgan fingerprint density at radius 2 is 1.71 bits per heavy atom. The molecule has 5 heteroatoms. The van der Waals surface area contributed by atoms with Crippen LogP contribution in [0.15, 0.2) is 66.9 Å². The summed E-state index contributed by atoms with van der Waals surface area (Å²) in [6, 6.07) is 17.2. The number of ether oxygens (including phenoxy) is 1. The summed E-state index contributed by atoms with van der Waals surface area (Å²) in [4.78, 5) is 5.01. The van der Waals surface area contributed by atoms with Gasteiger partial charge in [-0.1, -0.05) is 30.3 Å². The third kappa shape index (κ3) is 2.59. The monoisotopic (exact) mass is 337 g/mol. The van der Waals surface area contributed by atoms with E-state index in [1.54, 1.807) is 24.4 Å². The van der Waals surface area contributed by atoms with Gasteiger partial charge in [0.25, 0.3) is 0 Å². The first-order chi connectivity index (χ1) is 11.7. The minimum absolute atomic E-state index is 0.144. The van der Waals surface area contributed by atoms with E-state index in [1.165, 1.54) is 23.5 Å². The number of pyridine rings is 1. The lowest BCUT2D eigenvalue weighted by molar-refractivity contribution is 0.480. The van der Waals surface area contributed by atoms with Crippen molar-refractivity contribution in [3.05, 3.63) is 72.7 Å². The molecule has 0 aliphatic rings. The molecular weight excluding hydrogens is 325 g/mol. The number of thiophene rings is 1. The van der Waals surface area contributed by atoms with Gasteiger partial charge in [-0.05, 0) is 29.8 Å². The highest BCUT2D eigenvalue weighted by atomic mass is 32.1. The maximum atomic E-state index is 13.0. The third-order valence-electron chi connectivity index (χ3n) is 3.59. The number of hydrogen-bond acceptors (Lipinski definition) is 4. The Balaban J connectivity index is 1.81. The van der Waals surface area contributed by atoms with E-state index in [1.807, 2.05) is 30.3 Å². The Bertz CT molecular complexity index is 997. The van der Waals surface area contributed by atoms with Crippen LogP contribution in [0, 0.1) is 5.82 Å². The second kappa shape index (κ2) is 5.94. The van der Waals surface area contributed by atoms with E-state index >= 15 is 0 Å². The smallest absolute Gasteiger partial charge is 0.160 e. The van der Waals surface area contributed by atoms with Crippen LogP contribution in [0.1, 0.15) is 0 Å². The van der Waals surface area contributed by atoms with Crippen molar-refractivity contribution in [1.82, 2.24) is 4.98 Å². The van der Waals surface area contributed by atoms with E-state index in [4.69, 9.17) is 4.74 Å². The molecular formula is C19H12FNO2S. The number of fused-ring (bicyclic) bond motifs is 1. The molecule has 0 aliphatic carbocycles. The minimum Gasteiger partial charge on any atom is -0.504 e. The number of benzene rings is 2. The van der Waals surface area contributed by atoms with Gasteiger partial charge in [0.2, 0.25) is 0 Å². The van der Waals surface area contributed by atoms with Crippen LogP contribution < -0.4 is 4.74 Å². The molecule has 3 nitrogen and oxygen atoms in total. The lowest BCUT2D eigenvalue weighted by atomic mass is 10.2. The summed E-state index contributed by atoms with van der Waals surface area (Å²) in [6.07, 6.45) is 1.59. The molecule has 2 heterocycles. The van der Waals surface area contributed by atoms with E-state index in [2.05, 4.69) is 4.98 Å². The van der Waals surface area contributed by atoms with Crippen LogP contribution in [0.3, 0.4) is 0 Å². The van der Waals surface area contributed by atoms with Crippen LogP contribution in [-0.2, 0) is 0 Å². The number of nitrogens with zero attached hydrogens (tertiary/aromatic N) is 1. The van der Waals surface area contributed by atoms with Crippen molar-refractivity contribution < 1.29 is 14.2 Å². The fourth-order valence-corrected chi connectivity index (χ4v) is 3.56. The van der Waals surface area contributed by atoms with Gasteiger partial charge in [-0.25, -0.2) is 4.39 Å². The number of halogens is 1. The number of hydrogen-bond donors (Lipinski definition) is 1. The zero-order chi connectivity index (χ0) is 16.5. The minimum atomic E-state index is -0.317. The van der Waals surface area contributed by atoms with Crippen LogP contribution in [0.5, 0.6) is 17.2 Å². The molecule has 0 unspecified atom stereocenters. The van der Waals surface area contributed by atoms with Gasteiger partial charge >= 0.3 is 0 Å². The van der Waals surface area contributed by atoms with Crippen molar-refractivity contribution in [2.45, 2.75) is 0 Å². The summed E-state index contributed by atoms with van der Waals surface area (Å²) in [5, 5.41) is 10.5. The van der Waals surface area contributed by atoms with Gasteiger partial charge in [0.15, 0.2) is 5.75 Å². The highest BCUT2D eigenvalue weighted by Gasteiger charge is 2.17. The van der Waals surface area contributed by atoms with Crippen molar-refractivity contribution in [2.24, 2.45) is 0 Å². The summed E-state index contributed by atoms with van der Waals surface area (Å²) < 4.78 is 19.6. The van der Waals surface area contributed by atoms with Gasteiger partial charge in [0, 0.05) is 12.3 Å². The zero-order valence-electron chi connectivity index (χ0n) is 12.4. The van der Waals surface area contributed by atoms with Gasteiger partial charge in [-0.2, -0.15) is 0 Å². The first-order valence-electron chi connectivity index (χ1n) is 7.31. The second-order valence-electron chi connectivity index (χ2n) is 5.19. The summed E-state index contributed by atoms with van der Waals surface area (Å²) in [5.74, 6) is 0.931. The quantitative estimate of drug-likeness (QED) is 0.529. The maximum Gasteiger partial charge on any atom is 0.160 e. The van der Waals surface area contributed by atoms with Crippen LogP contribution in [0.25, 0.3) is 20.7 Å². The van der Waals surface area contributed by atoms with Crippen LogP contribution in [0.2, 0.25) is 0 Å². The first kappa shape index (κ1) is 14.7. The van der Waals surface area contributed by atoms with Gasteiger partial charge in [0.1, 0.15) is 22.8 Å². The van der Waals surface area contributed by atoms with E-state index in [-0.39, 0.29) is 11.6 Å². The first-order valence-corrected chi connectivity index (χ1v) is 8.13. The molecule has 0 saturated heterocycles. The molecule has 0 radical (unpaired) electrons. The molecule has 0 spiro atoms. The van der Waals surface area contributed by atoms with E-state index in [0.29, 0.717) is 17.0 Å². The Morgan fingerprint density at radius 1 is 0.958 bits per heavy atom. The van der Waals surface area contributed by atoms with Gasteiger partial charge in [0.05, 0.1) is 9.58 Å². The van der Waals surface area contributed by atoms with Crippen LogP contribution >= 0.6 is 11.3 Å². The Labute approximate surface area is 141 Å². The highest BCUT2D eigenvalue weighted by Crippen LogP contribution is 2.46. The largest absolute Gasteiger partial charge is 0.504 e. The topological polar surface area (TPSA) is 42.4 Å². The van der Waals surface area contributed by atoms with E-state index in [0.717, 1.165) is 15.1 Å². The van der Waals surface area contributed by atoms with Gasteiger partial charge in [-0.3, -0.25) is 4.98 Å². The number of aromatic hydroxyl groups is 1. The maximum absolute atomic E-state index is 13.0. The lowest BCUT2D eigenvalue weighted by Gasteiger charge is -2.05. The van der Waals surface area contributed by atoms with Crippen LogP contribution in [0.4, 0.5) is 4.39 Å². The fraction of sp³-hybridized carbons (Fsp3) is 0. The molecule has 0 saturated carbocycles. The molecule has 0 bridgehead atoms. The van der Waals surface area contributed by atoms with Crippen molar-refractivity contribution >= 4 is 21.6 Å². The van der Waals surface area contributed by atoms with Gasteiger partial charge < -0.3 is 9.84 Å². The number of aromatic nitrogens is 1. The lowest BCUT2D eigenvalue weighted by Crippen LogP contribution is -1.85. The predicted octanol–water partition coefficient (Wildman–Crippen LogP) is 5.60. The molecule has 2 aromatic heterocycles. The summed E-state index contributed by atoms with van der Waals surface area (Å²) in [7, 11) is 0. The molecule has 24 heavy (non-hydrogen) atoms. The second-order valence-corrected chi connectivity index (χ2v) is 6.21. The third-order valence-corrected chi connectivity index (χ3v) is 4.82. The van der Waals surface area contributed by atoms with Crippen molar-refractivity contribution in [3.63, 3.8) is 0 Å². The molecule has 4 aromatic rings. The van der Waals surface area contributed by atoms with E-state index < -0.39 is 0 Å². The Hall–Kier alpha value is -2.92. The summed E-state index contributed by atoms with van der Waals surface area (Å²) in [5.41, 5.74) is 1.42. The molecule has 0 atom stereocenters. The average molecular weight is 337 g/mol. The van der Waals surface area contributed by atoms with E-state index in [9.17, 15) is 9.50 Å². The Morgan fingerprint density at radius 3 is 2.46 bits per heavy atom. The number of rotatable bonds is 3. The zero-order valence-corrected chi connectivity index (χ0v) is 13.3. The standard InChI is InChI=1S/C19H12FNO2S/c20-13-6-8-14(9-7-13)23-15-10-11-21-16-17(22)18(24-19(15)16)12-4-2-1-3-5-12/h1-11,22H. The van der Waals surface area contributed by atoms with Gasteiger partial charge in [-0.15, -0.1) is 11.3 Å². The summed E-state index contributed by atoms with van der Waals surface area (Å²) >= 11 is 1.41. The Kier molecular flexibility index (Phi) is 3.63. The van der Waals surface area contributed by atoms with Crippen molar-refractivity contribution in [2.75, 3.05) is 0 Å². The normalized spacial score (nSPS) is 10.9. The highest BCUT2D eigenvalue weighted by molar-refractivity contribution is 7.23. The molecule has 4 rings (SSSR count). The molecule has 0 amide bonds. The van der Waals surface area contributed by atoms with Crippen molar-refractivity contribution in [1.29, 1.82) is 0 Å². The molecule has 2 aromatic carbocycles. The molecule has 0 fully saturated rings. The molecule has 0 aliphatic heterocycles. The SMILES string of the molecule is Oc1c(-c2ccccc2)sc2c(Oc3ccc(F)cc3)ccnc12. The fourth-order valence-electron chi connectivity index (χ4n) is 2.45. The average Bonchev–Trinajstić information content (AvgIpc) is 2.96.